The number of hydrogen-bond donors (Lipinski definition) is 1. The van der Waals surface area contributed by atoms with Gasteiger partial charge in [-0.2, -0.15) is 0 Å². The van der Waals surface area contributed by atoms with Gasteiger partial charge in [0.25, 0.3) is 0 Å². The van der Waals surface area contributed by atoms with E-state index < -0.39 is 0 Å². The molecule has 0 aliphatic heterocycles. The molecule has 5 heteroatoms. The van der Waals surface area contributed by atoms with Crippen LogP contribution in [0.15, 0.2) is 12.4 Å². The molecule has 17 heavy (non-hydrogen) atoms. The van der Waals surface area contributed by atoms with E-state index in [-0.39, 0.29) is 6.10 Å². The first kappa shape index (κ1) is 13.9. The van der Waals surface area contributed by atoms with Gasteiger partial charge in [-0.15, -0.1) is 0 Å². The minimum atomic E-state index is 0.229. The van der Waals surface area contributed by atoms with Crippen molar-refractivity contribution in [3.63, 3.8) is 0 Å². The molecule has 0 aliphatic rings. The Kier molecular flexibility index (Phi) is 6.50. The highest BCUT2D eigenvalue weighted by molar-refractivity contribution is 5.06. The first-order chi connectivity index (χ1) is 8.22. The van der Waals surface area contributed by atoms with E-state index in [0.29, 0.717) is 19.1 Å². The number of rotatable bonds is 8. The summed E-state index contributed by atoms with van der Waals surface area (Å²) in [7, 11) is 0. The van der Waals surface area contributed by atoms with E-state index in [2.05, 4.69) is 22.2 Å². The zero-order chi connectivity index (χ0) is 12.5. The topological polar surface area (TPSA) is 56.3 Å². The van der Waals surface area contributed by atoms with Gasteiger partial charge in [0.1, 0.15) is 6.61 Å². The van der Waals surface area contributed by atoms with E-state index in [1.54, 1.807) is 12.4 Å². The summed E-state index contributed by atoms with van der Waals surface area (Å²) in [5.74, 6) is 0.539. The molecule has 1 N–H and O–H groups in total. The predicted octanol–water partition coefficient (Wildman–Crippen LogP) is 1.39. The molecule has 5 nitrogen and oxygen atoms in total. The summed E-state index contributed by atoms with van der Waals surface area (Å²) in [6, 6.07) is 0. The molecule has 96 valence electrons. The van der Waals surface area contributed by atoms with Crippen molar-refractivity contribution in [3.05, 3.63) is 18.1 Å². The van der Waals surface area contributed by atoms with Crippen molar-refractivity contribution < 1.29 is 9.47 Å². The van der Waals surface area contributed by atoms with Gasteiger partial charge < -0.3 is 14.8 Å². The van der Waals surface area contributed by atoms with Gasteiger partial charge >= 0.3 is 0 Å². The maximum atomic E-state index is 5.40. The van der Waals surface area contributed by atoms with E-state index in [1.807, 2.05) is 13.8 Å². The molecular formula is C12H21N3O2. The molecule has 1 aromatic rings. The standard InChI is InChI=1S/C12H21N3O2/c1-4-13-7-11-8-15-12(9-14-11)17-6-5-16-10(2)3/h8-10,13H,4-7H2,1-3H3. The summed E-state index contributed by atoms with van der Waals surface area (Å²) >= 11 is 0. The molecule has 1 heterocycles. The lowest BCUT2D eigenvalue weighted by molar-refractivity contribution is 0.0541. The van der Waals surface area contributed by atoms with Gasteiger partial charge in [-0.25, -0.2) is 4.98 Å². The van der Waals surface area contributed by atoms with E-state index >= 15 is 0 Å². The number of hydrogen-bond acceptors (Lipinski definition) is 5. The monoisotopic (exact) mass is 239 g/mol. The Morgan fingerprint density at radius 2 is 2.06 bits per heavy atom. The minimum Gasteiger partial charge on any atom is -0.474 e. The van der Waals surface area contributed by atoms with Gasteiger partial charge in [0.05, 0.1) is 30.8 Å². The van der Waals surface area contributed by atoms with Crippen LogP contribution >= 0.6 is 0 Å². The SMILES string of the molecule is CCNCc1cnc(OCCOC(C)C)cn1. The predicted molar refractivity (Wildman–Crippen MR) is 66.0 cm³/mol. The highest BCUT2D eigenvalue weighted by Crippen LogP contribution is 2.03. The summed E-state index contributed by atoms with van der Waals surface area (Å²) in [6.07, 6.45) is 3.59. The van der Waals surface area contributed by atoms with Gasteiger partial charge in [0.2, 0.25) is 5.88 Å². The average Bonchev–Trinajstić information content (AvgIpc) is 2.33. The Labute approximate surface area is 103 Å². The lowest BCUT2D eigenvalue weighted by atomic mass is 10.4. The van der Waals surface area contributed by atoms with E-state index in [4.69, 9.17) is 9.47 Å². The summed E-state index contributed by atoms with van der Waals surface area (Å²) < 4.78 is 10.8. The number of nitrogens with one attached hydrogen (secondary N) is 1. The molecule has 0 saturated carbocycles. The van der Waals surface area contributed by atoms with Gasteiger partial charge in [-0.1, -0.05) is 6.92 Å². The molecule has 1 rings (SSSR count). The molecule has 0 aromatic carbocycles. The van der Waals surface area contributed by atoms with Crippen LogP contribution in [0.25, 0.3) is 0 Å². The molecule has 1 aromatic heterocycles. The van der Waals surface area contributed by atoms with Crippen LogP contribution in [-0.4, -0.2) is 35.8 Å². The Balaban J connectivity index is 2.25. The third-order valence-corrected chi connectivity index (χ3v) is 2.02. The zero-order valence-electron chi connectivity index (χ0n) is 10.8. The van der Waals surface area contributed by atoms with Crippen molar-refractivity contribution >= 4 is 0 Å². The van der Waals surface area contributed by atoms with Crippen LogP contribution in [0.1, 0.15) is 26.5 Å². The summed E-state index contributed by atoms with van der Waals surface area (Å²) in [6.45, 7) is 8.77. The van der Waals surface area contributed by atoms with E-state index in [9.17, 15) is 0 Å². The molecular weight excluding hydrogens is 218 g/mol. The average molecular weight is 239 g/mol. The fraction of sp³-hybridized carbons (Fsp3) is 0.667. The van der Waals surface area contributed by atoms with Crippen molar-refractivity contribution in [2.75, 3.05) is 19.8 Å². The zero-order valence-corrected chi connectivity index (χ0v) is 10.8. The molecule has 0 amide bonds. The fourth-order valence-corrected chi connectivity index (χ4v) is 1.19. The number of ether oxygens (including phenoxy) is 2. The van der Waals surface area contributed by atoms with Gasteiger partial charge in [0.15, 0.2) is 0 Å². The smallest absolute Gasteiger partial charge is 0.232 e. The molecule has 0 bridgehead atoms. The van der Waals surface area contributed by atoms with Gasteiger partial charge in [-0.05, 0) is 20.4 Å². The van der Waals surface area contributed by atoms with Crippen LogP contribution in [0.2, 0.25) is 0 Å². The van der Waals surface area contributed by atoms with Crippen LogP contribution in [0, 0.1) is 0 Å². The summed E-state index contributed by atoms with van der Waals surface area (Å²) in [4.78, 5) is 8.41. The lowest BCUT2D eigenvalue weighted by Gasteiger charge is -2.08. The lowest BCUT2D eigenvalue weighted by Crippen LogP contribution is -2.14. The van der Waals surface area contributed by atoms with Crippen molar-refractivity contribution in [3.8, 4) is 5.88 Å². The molecule has 0 fully saturated rings. The molecule has 0 unspecified atom stereocenters. The van der Waals surface area contributed by atoms with Crippen molar-refractivity contribution in [1.82, 2.24) is 15.3 Å². The first-order valence-corrected chi connectivity index (χ1v) is 5.98. The van der Waals surface area contributed by atoms with Crippen LogP contribution in [0.5, 0.6) is 5.88 Å². The second kappa shape index (κ2) is 7.97. The molecule has 0 radical (unpaired) electrons. The fourth-order valence-electron chi connectivity index (χ4n) is 1.19. The highest BCUT2D eigenvalue weighted by Gasteiger charge is 1.99. The largest absolute Gasteiger partial charge is 0.474 e. The van der Waals surface area contributed by atoms with E-state index in [0.717, 1.165) is 18.8 Å². The van der Waals surface area contributed by atoms with Crippen molar-refractivity contribution in [2.24, 2.45) is 0 Å². The van der Waals surface area contributed by atoms with Crippen molar-refractivity contribution in [1.29, 1.82) is 0 Å². The summed E-state index contributed by atoms with van der Waals surface area (Å²) in [5, 5.41) is 3.19. The maximum absolute atomic E-state index is 5.40. The van der Waals surface area contributed by atoms with Gasteiger partial charge in [0, 0.05) is 6.54 Å². The van der Waals surface area contributed by atoms with Crippen molar-refractivity contribution in [2.45, 2.75) is 33.4 Å². The van der Waals surface area contributed by atoms with Crippen LogP contribution < -0.4 is 10.1 Å². The van der Waals surface area contributed by atoms with E-state index in [1.165, 1.54) is 0 Å². The number of aromatic nitrogens is 2. The number of nitrogens with zero attached hydrogens (tertiary/aromatic N) is 2. The Hall–Kier alpha value is -1.20. The second-order valence-corrected chi connectivity index (χ2v) is 3.89. The quantitative estimate of drug-likeness (QED) is 0.695. The highest BCUT2D eigenvalue weighted by atomic mass is 16.5. The van der Waals surface area contributed by atoms with Crippen LogP contribution in [0.3, 0.4) is 0 Å². The molecule has 0 spiro atoms. The normalized spacial score (nSPS) is 10.8. The second-order valence-electron chi connectivity index (χ2n) is 3.89. The Morgan fingerprint density at radius 3 is 2.65 bits per heavy atom. The summed E-state index contributed by atoms with van der Waals surface area (Å²) in [5.41, 5.74) is 0.914. The maximum Gasteiger partial charge on any atom is 0.232 e. The molecule has 0 aliphatic carbocycles. The minimum absolute atomic E-state index is 0.229. The molecule has 0 saturated heterocycles. The van der Waals surface area contributed by atoms with Crippen LogP contribution in [-0.2, 0) is 11.3 Å². The first-order valence-electron chi connectivity index (χ1n) is 5.98. The van der Waals surface area contributed by atoms with Gasteiger partial charge in [-0.3, -0.25) is 4.98 Å². The third-order valence-electron chi connectivity index (χ3n) is 2.02. The molecule has 0 atom stereocenters. The third kappa shape index (κ3) is 6.19. The Bertz CT molecular complexity index is 301. The van der Waals surface area contributed by atoms with Crippen LogP contribution in [0.4, 0.5) is 0 Å². The Morgan fingerprint density at radius 1 is 1.24 bits per heavy atom.